The van der Waals surface area contributed by atoms with Crippen molar-refractivity contribution in [2.45, 2.75) is 60.4 Å². The van der Waals surface area contributed by atoms with Crippen molar-refractivity contribution in [3.8, 4) is 0 Å². The lowest BCUT2D eigenvalue weighted by atomic mass is 9.73. The molecule has 0 aromatic rings. The minimum atomic E-state index is 0.714. The van der Waals surface area contributed by atoms with Crippen molar-refractivity contribution in [3.05, 3.63) is 0 Å². The summed E-state index contributed by atoms with van der Waals surface area (Å²) in [6, 6.07) is 0.746. The Kier molecular flexibility index (Phi) is 8.04. The van der Waals surface area contributed by atoms with Gasteiger partial charge in [-0.1, -0.05) is 27.7 Å². The van der Waals surface area contributed by atoms with Gasteiger partial charge in [-0.15, -0.1) is 0 Å². The van der Waals surface area contributed by atoms with E-state index in [-0.39, 0.29) is 0 Å². The first-order chi connectivity index (χ1) is 7.72. The second kappa shape index (κ2) is 8.08. The van der Waals surface area contributed by atoms with E-state index in [0.29, 0.717) is 5.41 Å². The van der Waals surface area contributed by atoms with Crippen molar-refractivity contribution in [3.63, 3.8) is 0 Å². The molecule has 2 fully saturated rings. The van der Waals surface area contributed by atoms with Gasteiger partial charge in [-0.3, -0.25) is 0 Å². The Labute approximate surface area is 103 Å². The van der Waals surface area contributed by atoms with Crippen LogP contribution < -0.4 is 5.32 Å². The molecule has 2 heteroatoms. The first kappa shape index (κ1) is 15.9. The molecule has 0 aliphatic carbocycles. The Morgan fingerprint density at radius 1 is 0.938 bits per heavy atom. The summed E-state index contributed by atoms with van der Waals surface area (Å²) >= 11 is 0. The lowest BCUT2D eigenvalue weighted by Crippen LogP contribution is -2.58. The van der Waals surface area contributed by atoms with E-state index < -0.39 is 0 Å². The predicted octanol–water partition coefficient (Wildman–Crippen LogP) is 3.13. The maximum Gasteiger partial charge on any atom is 0.00385 e. The second-order valence-corrected chi connectivity index (χ2v) is 4.73. The van der Waals surface area contributed by atoms with E-state index in [1.807, 2.05) is 27.7 Å². The highest BCUT2D eigenvalue weighted by Crippen LogP contribution is 2.35. The summed E-state index contributed by atoms with van der Waals surface area (Å²) < 4.78 is 0. The molecule has 1 N–H and O–H groups in total. The summed E-state index contributed by atoms with van der Waals surface area (Å²) in [5.74, 6) is 0. The fourth-order valence-corrected chi connectivity index (χ4v) is 2.35. The van der Waals surface area contributed by atoms with Gasteiger partial charge in [-0.2, -0.15) is 0 Å². The van der Waals surface area contributed by atoms with Crippen molar-refractivity contribution in [1.82, 2.24) is 10.2 Å². The quantitative estimate of drug-likeness (QED) is 0.742. The van der Waals surface area contributed by atoms with Gasteiger partial charge in [0.15, 0.2) is 0 Å². The van der Waals surface area contributed by atoms with E-state index >= 15 is 0 Å². The molecule has 2 saturated heterocycles. The van der Waals surface area contributed by atoms with E-state index in [0.717, 1.165) is 6.04 Å². The highest BCUT2D eigenvalue weighted by Gasteiger charge is 2.39. The Morgan fingerprint density at radius 2 is 1.38 bits per heavy atom. The molecule has 0 amide bonds. The molecule has 0 aromatic carbocycles. The summed E-state index contributed by atoms with van der Waals surface area (Å²) in [4.78, 5) is 2.60. The number of hydrogen-bond donors (Lipinski definition) is 1. The predicted molar refractivity (Wildman–Crippen MR) is 73.9 cm³/mol. The minimum Gasteiger partial charge on any atom is -0.316 e. The number of rotatable bonds is 1. The van der Waals surface area contributed by atoms with Crippen molar-refractivity contribution < 1.29 is 0 Å². The molecular weight excluding hydrogens is 196 g/mol. The van der Waals surface area contributed by atoms with Crippen LogP contribution in [0.4, 0.5) is 0 Å². The van der Waals surface area contributed by atoms with Gasteiger partial charge in [0.2, 0.25) is 0 Å². The fraction of sp³-hybridized carbons (Fsp3) is 1.00. The van der Waals surface area contributed by atoms with Crippen LogP contribution in [-0.4, -0.2) is 37.1 Å². The SMILES string of the molecule is CC.CC.CC(C)N1CCC2(CC1)CNC2. The highest BCUT2D eigenvalue weighted by molar-refractivity contribution is 4.96. The molecule has 0 radical (unpaired) electrons. The van der Waals surface area contributed by atoms with E-state index in [1.165, 1.54) is 39.0 Å². The standard InChI is InChI=1S/C10H20N2.2C2H6/c1-9(2)12-5-3-10(4-6-12)7-11-8-10;2*1-2/h9,11H,3-8H2,1-2H3;2*1-2H3. The van der Waals surface area contributed by atoms with Crippen LogP contribution in [-0.2, 0) is 0 Å². The molecule has 1 spiro atoms. The van der Waals surface area contributed by atoms with Gasteiger partial charge in [0.05, 0.1) is 0 Å². The van der Waals surface area contributed by atoms with Gasteiger partial charge in [0.1, 0.15) is 0 Å². The third-order valence-electron chi connectivity index (χ3n) is 3.59. The number of piperidine rings is 1. The van der Waals surface area contributed by atoms with Crippen molar-refractivity contribution in [2.24, 2.45) is 5.41 Å². The normalized spacial score (nSPS) is 22.7. The molecule has 2 heterocycles. The largest absolute Gasteiger partial charge is 0.316 e. The molecule has 2 aliphatic heterocycles. The molecule has 0 atom stereocenters. The highest BCUT2D eigenvalue weighted by atomic mass is 15.2. The average Bonchev–Trinajstić information content (AvgIpc) is 2.32. The number of nitrogens with one attached hydrogen (secondary N) is 1. The van der Waals surface area contributed by atoms with Crippen molar-refractivity contribution in [1.29, 1.82) is 0 Å². The van der Waals surface area contributed by atoms with Gasteiger partial charge in [-0.05, 0) is 45.2 Å². The van der Waals surface area contributed by atoms with Crippen LogP contribution in [0.25, 0.3) is 0 Å². The molecule has 0 bridgehead atoms. The Balaban J connectivity index is 0.000000509. The molecule has 16 heavy (non-hydrogen) atoms. The summed E-state index contributed by atoms with van der Waals surface area (Å²) in [5, 5.41) is 3.40. The van der Waals surface area contributed by atoms with Crippen LogP contribution in [0.5, 0.6) is 0 Å². The molecule has 98 valence electrons. The fourth-order valence-electron chi connectivity index (χ4n) is 2.35. The monoisotopic (exact) mass is 228 g/mol. The van der Waals surface area contributed by atoms with Crippen molar-refractivity contribution >= 4 is 0 Å². The van der Waals surface area contributed by atoms with Gasteiger partial charge >= 0.3 is 0 Å². The van der Waals surface area contributed by atoms with Crippen LogP contribution in [0.1, 0.15) is 54.4 Å². The zero-order valence-corrected chi connectivity index (χ0v) is 12.3. The van der Waals surface area contributed by atoms with E-state index in [4.69, 9.17) is 0 Å². The Bertz CT molecular complexity index is 152. The third kappa shape index (κ3) is 4.06. The number of hydrogen-bond acceptors (Lipinski definition) is 2. The molecule has 2 nitrogen and oxygen atoms in total. The smallest absolute Gasteiger partial charge is 0.00385 e. The number of nitrogens with zero attached hydrogens (tertiary/aromatic N) is 1. The Morgan fingerprint density at radius 3 is 1.62 bits per heavy atom. The van der Waals surface area contributed by atoms with E-state index in [9.17, 15) is 0 Å². The lowest BCUT2D eigenvalue weighted by molar-refractivity contribution is 0.0418. The summed E-state index contributed by atoms with van der Waals surface area (Å²) in [6.07, 6.45) is 2.83. The third-order valence-corrected chi connectivity index (χ3v) is 3.59. The van der Waals surface area contributed by atoms with Crippen LogP contribution in [0.2, 0.25) is 0 Å². The Hall–Kier alpha value is -0.0800. The summed E-state index contributed by atoms with van der Waals surface area (Å²) in [5.41, 5.74) is 0.714. The first-order valence-corrected chi connectivity index (χ1v) is 7.17. The van der Waals surface area contributed by atoms with Crippen LogP contribution in [0, 0.1) is 5.41 Å². The average molecular weight is 228 g/mol. The van der Waals surface area contributed by atoms with Gasteiger partial charge in [-0.25, -0.2) is 0 Å². The molecule has 2 rings (SSSR count). The zero-order chi connectivity index (χ0) is 12.6. The number of likely N-dealkylation sites (tertiary alicyclic amines) is 1. The molecule has 0 saturated carbocycles. The molecule has 0 aromatic heterocycles. The van der Waals surface area contributed by atoms with E-state index in [1.54, 1.807) is 0 Å². The van der Waals surface area contributed by atoms with Crippen molar-refractivity contribution in [2.75, 3.05) is 26.2 Å². The molecule has 2 aliphatic rings. The lowest BCUT2D eigenvalue weighted by Gasteiger charge is -2.49. The van der Waals surface area contributed by atoms with Gasteiger partial charge in [0.25, 0.3) is 0 Å². The molecule has 0 unspecified atom stereocenters. The maximum atomic E-state index is 3.40. The van der Waals surface area contributed by atoms with Gasteiger partial charge < -0.3 is 10.2 Å². The summed E-state index contributed by atoms with van der Waals surface area (Å²) in [6.45, 7) is 17.8. The van der Waals surface area contributed by atoms with Crippen LogP contribution in [0.15, 0.2) is 0 Å². The minimum absolute atomic E-state index is 0.714. The first-order valence-electron chi connectivity index (χ1n) is 7.17. The van der Waals surface area contributed by atoms with E-state index in [2.05, 4.69) is 24.1 Å². The topological polar surface area (TPSA) is 15.3 Å². The van der Waals surface area contributed by atoms with Gasteiger partial charge in [0, 0.05) is 19.1 Å². The van der Waals surface area contributed by atoms with Crippen LogP contribution >= 0.6 is 0 Å². The summed E-state index contributed by atoms with van der Waals surface area (Å²) in [7, 11) is 0. The molecular formula is C14H32N2. The maximum absolute atomic E-state index is 3.40. The second-order valence-electron chi connectivity index (χ2n) is 4.73. The zero-order valence-electron chi connectivity index (χ0n) is 12.3. The van der Waals surface area contributed by atoms with Crippen LogP contribution in [0.3, 0.4) is 0 Å².